The highest BCUT2D eigenvalue weighted by atomic mass is 16.5. The summed E-state index contributed by atoms with van der Waals surface area (Å²) in [6.07, 6.45) is -0.0513. The Kier molecular flexibility index (Phi) is 3.36. The van der Waals surface area contributed by atoms with E-state index in [9.17, 15) is 5.11 Å². The monoisotopic (exact) mass is 270 g/mol. The molecule has 1 aliphatic heterocycles. The number of fused-ring (bicyclic) bond motifs is 1. The van der Waals surface area contributed by atoms with Gasteiger partial charge in [-0.15, -0.1) is 0 Å². The molecular weight excluding hydrogens is 252 g/mol. The van der Waals surface area contributed by atoms with Crippen molar-refractivity contribution in [1.82, 2.24) is 0 Å². The Bertz CT molecular complexity index is 621. The van der Waals surface area contributed by atoms with Crippen LogP contribution in [0.15, 0.2) is 42.5 Å². The number of aliphatic hydroxyl groups is 1. The van der Waals surface area contributed by atoms with E-state index in [0.717, 1.165) is 16.9 Å². The first-order valence-electron chi connectivity index (χ1n) is 6.77. The molecule has 0 fully saturated rings. The van der Waals surface area contributed by atoms with Crippen molar-refractivity contribution in [1.29, 1.82) is 0 Å². The van der Waals surface area contributed by atoms with Crippen molar-refractivity contribution in [2.75, 3.05) is 7.11 Å². The molecule has 0 bridgehead atoms. The van der Waals surface area contributed by atoms with E-state index in [2.05, 4.69) is 19.1 Å². The molecule has 0 aromatic heterocycles. The Balaban J connectivity index is 1.97. The van der Waals surface area contributed by atoms with Gasteiger partial charge in [-0.2, -0.15) is 0 Å². The Morgan fingerprint density at radius 3 is 2.70 bits per heavy atom. The molecule has 0 saturated heterocycles. The molecule has 2 unspecified atom stereocenters. The first-order valence-corrected chi connectivity index (χ1v) is 6.77. The molecule has 1 aliphatic rings. The van der Waals surface area contributed by atoms with Gasteiger partial charge in [0.2, 0.25) is 0 Å². The third-order valence-electron chi connectivity index (χ3n) is 3.82. The van der Waals surface area contributed by atoms with Gasteiger partial charge in [0.15, 0.2) is 0 Å². The highest BCUT2D eigenvalue weighted by molar-refractivity contribution is 5.44. The zero-order chi connectivity index (χ0) is 14.1. The number of rotatable bonds is 2. The fourth-order valence-electron chi connectivity index (χ4n) is 2.69. The van der Waals surface area contributed by atoms with Crippen LogP contribution in [0.4, 0.5) is 0 Å². The number of benzene rings is 2. The molecule has 0 spiro atoms. The van der Waals surface area contributed by atoms with Gasteiger partial charge in [0.05, 0.1) is 13.2 Å². The number of methoxy groups -OCH3 is 1. The maximum Gasteiger partial charge on any atom is 0.129 e. The van der Waals surface area contributed by atoms with E-state index >= 15 is 0 Å². The van der Waals surface area contributed by atoms with Crippen molar-refractivity contribution < 1.29 is 14.6 Å². The molecule has 3 nitrogen and oxygen atoms in total. The molecule has 1 N–H and O–H groups in total. The largest absolute Gasteiger partial charge is 0.497 e. The highest BCUT2D eigenvalue weighted by Gasteiger charge is 2.29. The Hall–Kier alpha value is -2.00. The topological polar surface area (TPSA) is 38.7 Å². The molecule has 104 valence electrons. The molecular formula is C17H18O3. The summed E-state index contributed by atoms with van der Waals surface area (Å²) in [5.74, 6) is 1.44. The van der Waals surface area contributed by atoms with E-state index in [1.54, 1.807) is 7.11 Å². The summed E-state index contributed by atoms with van der Waals surface area (Å²) in [5.41, 5.74) is 3.13. The maximum absolute atomic E-state index is 10.3. The van der Waals surface area contributed by atoms with Crippen LogP contribution >= 0.6 is 0 Å². The molecule has 0 amide bonds. The molecule has 0 radical (unpaired) electrons. The average molecular weight is 270 g/mol. The maximum atomic E-state index is 10.3. The van der Waals surface area contributed by atoms with Crippen molar-refractivity contribution in [3.05, 3.63) is 59.2 Å². The van der Waals surface area contributed by atoms with Gasteiger partial charge >= 0.3 is 0 Å². The van der Waals surface area contributed by atoms with Crippen LogP contribution in [-0.4, -0.2) is 12.2 Å². The van der Waals surface area contributed by atoms with E-state index in [-0.39, 0.29) is 6.10 Å². The van der Waals surface area contributed by atoms with E-state index in [1.807, 2.05) is 30.3 Å². The standard InChI is InChI=1S/C17H18O3/c1-11-5-3-4-6-13(11)17-10-15(18)14-8-7-12(19-2)9-16(14)20-17/h3-9,15,17-18H,10H2,1-2H3. The molecule has 3 rings (SSSR count). The molecule has 0 saturated carbocycles. The summed E-state index contributed by atoms with van der Waals surface area (Å²) in [6, 6.07) is 13.7. The summed E-state index contributed by atoms with van der Waals surface area (Å²) >= 11 is 0. The first kappa shape index (κ1) is 13.0. The smallest absolute Gasteiger partial charge is 0.129 e. The van der Waals surface area contributed by atoms with Gasteiger partial charge in [-0.1, -0.05) is 24.3 Å². The van der Waals surface area contributed by atoms with Gasteiger partial charge in [0.1, 0.15) is 17.6 Å². The molecule has 3 heteroatoms. The minimum absolute atomic E-state index is 0.120. The minimum Gasteiger partial charge on any atom is -0.497 e. The lowest BCUT2D eigenvalue weighted by Gasteiger charge is -2.31. The zero-order valence-corrected chi connectivity index (χ0v) is 11.7. The normalized spacial score (nSPS) is 20.9. The van der Waals surface area contributed by atoms with E-state index in [4.69, 9.17) is 9.47 Å². The summed E-state index contributed by atoms with van der Waals surface area (Å²) in [6.45, 7) is 2.06. The van der Waals surface area contributed by atoms with E-state index in [0.29, 0.717) is 12.2 Å². The molecule has 1 heterocycles. The minimum atomic E-state index is -0.505. The Labute approximate surface area is 118 Å². The predicted octanol–water partition coefficient (Wildman–Crippen LogP) is 3.56. The fourth-order valence-corrected chi connectivity index (χ4v) is 2.69. The Morgan fingerprint density at radius 2 is 1.95 bits per heavy atom. The summed E-state index contributed by atoms with van der Waals surface area (Å²) in [4.78, 5) is 0. The molecule has 20 heavy (non-hydrogen) atoms. The summed E-state index contributed by atoms with van der Waals surface area (Å²) in [7, 11) is 1.62. The van der Waals surface area contributed by atoms with E-state index in [1.165, 1.54) is 5.56 Å². The van der Waals surface area contributed by atoms with Crippen LogP contribution in [0.5, 0.6) is 11.5 Å². The second-order valence-electron chi connectivity index (χ2n) is 5.12. The van der Waals surface area contributed by atoms with Crippen molar-refractivity contribution in [3.63, 3.8) is 0 Å². The van der Waals surface area contributed by atoms with Crippen molar-refractivity contribution in [2.24, 2.45) is 0 Å². The number of ether oxygens (including phenoxy) is 2. The lowest BCUT2D eigenvalue weighted by molar-refractivity contribution is 0.0652. The van der Waals surface area contributed by atoms with Crippen molar-refractivity contribution in [2.45, 2.75) is 25.6 Å². The third-order valence-corrected chi connectivity index (χ3v) is 3.82. The predicted molar refractivity (Wildman–Crippen MR) is 77.1 cm³/mol. The van der Waals surface area contributed by atoms with Gasteiger partial charge < -0.3 is 14.6 Å². The van der Waals surface area contributed by atoms with Crippen molar-refractivity contribution >= 4 is 0 Å². The number of aryl methyl sites for hydroxylation is 1. The van der Waals surface area contributed by atoms with Crippen molar-refractivity contribution in [3.8, 4) is 11.5 Å². The lowest BCUT2D eigenvalue weighted by atomic mass is 9.93. The fraction of sp³-hybridized carbons (Fsp3) is 0.294. The zero-order valence-electron chi connectivity index (χ0n) is 11.7. The van der Waals surface area contributed by atoms with Crippen LogP contribution in [0.25, 0.3) is 0 Å². The van der Waals surface area contributed by atoms with Crippen LogP contribution < -0.4 is 9.47 Å². The quantitative estimate of drug-likeness (QED) is 0.906. The first-order chi connectivity index (χ1) is 9.69. The molecule has 2 aromatic rings. The van der Waals surface area contributed by atoms with Crippen LogP contribution in [0.2, 0.25) is 0 Å². The van der Waals surface area contributed by atoms with Crippen LogP contribution in [-0.2, 0) is 0 Å². The second kappa shape index (κ2) is 5.17. The number of hydrogen-bond donors (Lipinski definition) is 1. The average Bonchev–Trinajstić information content (AvgIpc) is 2.47. The van der Waals surface area contributed by atoms with Crippen LogP contribution in [0, 0.1) is 6.92 Å². The van der Waals surface area contributed by atoms with Gasteiger partial charge in [-0.25, -0.2) is 0 Å². The number of aliphatic hydroxyl groups excluding tert-OH is 1. The van der Waals surface area contributed by atoms with Gasteiger partial charge in [0, 0.05) is 18.1 Å². The van der Waals surface area contributed by atoms with Crippen LogP contribution in [0.1, 0.15) is 35.3 Å². The summed E-state index contributed by atoms with van der Waals surface area (Å²) < 4.78 is 11.3. The molecule has 0 aliphatic carbocycles. The van der Waals surface area contributed by atoms with Crippen LogP contribution in [0.3, 0.4) is 0 Å². The molecule has 2 aromatic carbocycles. The van der Waals surface area contributed by atoms with E-state index < -0.39 is 6.10 Å². The lowest BCUT2D eigenvalue weighted by Crippen LogP contribution is -2.19. The number of hydrogen-bond acceptors (Lipinski definition) is 3. The highest BCUT2D eigenvalue weighted by Crippen LogP contribution is 2.42. The SMILES string of the molecule is COc1ccc2c(c1)OC(c1ccccc1C)CC2O. The third kappa shape index (κ3) is 2.25. The van der Waals surface area contributed by atoms with Gasteiger partial charge in [-0.05, 0) is 30.2 Å². The second-order valence-corrected chi connectivity index (χ2v) is 5.12. The van der Waals surface area contributed by atoms with Gasteiger partial charge in [-0.3, -0.25) is 0 Å². The summed E-state index contributed by atoms with van der Waals surface area (Å²) in [5, 5.41) is 10.3. The molecule has 2 atom stereocenters. The van der Waals surface area contributed by atoms with Gasteiger partial charge in [0.25, 0.3) is 0 Å². The Morgan fingerprint density at radius 1 is 1.15 bits per heavy atom.